The predicted molar refractivity (Wildman–Crippen MR) is 98.0 cm³/mol. The van der Waals surface area contributed by atoms with Gasteiger partial charge in [-0.05, 0) is 30.3 Å². The van der Waals surface area contributed by atoms with Crippen molar-refractivity contribution in [3.05, 3.63) is 58.8 Å². The van der Waals surface area contributed by atoms with Gasteiger partial charge < -0.3 is 34.3 Å². The first-order valence-corrected chi connectivity index (χ1v) is 8.63. The number of phenolic OH excluding ortho intramolecular Hbond substituents is 1. The van der Waals surface area contributed by atoms with Crippen molar-refractivity contribution in [2.75, 3.05) is 6.61 Å². The Morgan fingerprint density at radius 2 is 1.82 bits per heavy atom. The van der Waals surface area contributed by atoms with E-state index in [2.05, 4.69) is 0 Å². The van der Waals surface area contributed by atoms with E-state index in [9.17, 15) is 20.1 Å². The van der Waals surface area contributed by atoms with E-state index in [0.717, 1.165) is 0 Å². The van der Waals surface area contributed by atoms with Crippen LogP contribution in [0.15, 0.2) is 57.7 Å². The maximum atomic E-state index is 12.2. The van der Waals surface area contributed by atoms with Gasteiger partial charge in [0.25, 0.3) is 0 Å². The fourth-order valence-corrected chi connectivity index (χ4v) is 3.10. The number of aliphatic hydroxyl groups excluding tert-OH is 3. The van der Waals surface area contributed by atoms with Gasteiger partial charge in [0.05, 0.1) is 12.0 Å². The van der Waals surface area contributed by atoms with Gasteiger partial charge in [0.1, 0.15) is 29.7 Å². The van der Waals surface area contributed by atoms with Crippen LogP contribution >= 0.6 is 0 Å². The summed E-state index contributed by atoms with van der Waals surface area (Å²) >= 11 is 0. The molecule has 0 bridgehead atoms. The third-order valence-corrected chi connectivity index (χ3v) is 4.62. The standard InChI is InChI=1S/C20H18O8/c21-9-17-18(24)19(25)20(28-17)27-15-6-5-10(7-13(15)23)16-8-12(22)11-3-1-2-4-14(11)26-16/h1-8,17-21,23-25H,9H2/t17-,18-,19-,20?/m1/s1. The van der Waals surface area contributed by atoms with Gasteiger partial charge in [0.15, 0.2) is 16.9 Å². The monoisotopic (exact) mass is 386 g/mol. The molecule has 4 N–H and O–H groups in total. The highest BCUT2D eigenvalue weighted by Crippen LogP contribution is 2.34. The van der Waals surface area contributed by atoms with Crippen molar-refractivity contribution in [2.24, 2.45) is 0 Å². The Morgan fingerprint density at radius 3 is 2.54 bits per heavy atom. The number of rotatable bonds is 4. The van der Waals surface area contributed by atoms with E-state index >= 15 is 0 Å². The molecule has 1 aromatic heterocycles. The van der Waals surface area contributed by atoms with Crippen molar-refractivity contribution >= 4 is 11.0 Å². The minimum atomic E-state index is -1.38. The van der Waals surface area contributed by atoms with Gasteiger partial charge in [-0.1, -0.05) is 12.1 Å². The van der Waals surface area contributed by atoms with Crippen LogP contribution in [0.4, 0.5) is 0 Å². The molecule has 0 saturated carbocycles. The van der Waals surface area contributed by atoms with Crippen molar-refractivity contribution in [1.82, 2.24) is 0 Å². The Kier molecular flexibility index (Phi) is 4.78. The molecule has 1 aliphatic rings. The molecular weight excluding hydrogens is 368 g/mol. The largest absolute Gasteiger partial charge is 0.504 e. The summed E-state index contributed by atoms with van der Waals surface area (Å²) in [6.07, 6.45) is -4.91. The summed E-state index contributed by atoms with van der Waals surface area (Å²) in [5.41, 5.74) is 0.674. The molecule has 1 aliphatic heterocycles. The molecule has 3 aromatic rings. The Hall–Kier alpha value is -2.91. The lowest BCUT2D eigenvalue weighted by atomic mass is 10.1. The lowest BCUT2D eigenvalue weighted by molar-refractivity contribution is -0.117. The smallest absolute Gasteiger partial charge is 0.229 e. The van der Waals surface area contributed by atoms with E-state index in [4.69, 9.17) is 19.0 Å². The zero-order valence-corrected chi connectivity index (χ0v) is 14.6. The van der Waals surface area contributed by atoms with Crippen molar-refractivity contribution in [2.45, 2.75) is 24.6 Å². The minimum absolute atomic E-state index is 0.00160. The summed E-state index contributed by atoms with van der Waals surface area (Å²) in [6.45, 7) is -0.482. The molecule has 4 atom stereocenters. The molecule has 1 fully saturated rings. The minimum Gasteiger partial charge on any atom is -0.504 e. The van der Waals surface area contributed by atoms with Gasteiger partial charge in [-0.25, -0.2) is 0 Å². The molecule has 0 aliphatic carbocycles. The predicted octanol–water partition coefficient (Wildman–Crippen LogP) is 0.983. The van der Waals surface area contributed by atoms with Crippen LogP contribution in [0.3, 0.4) is 0 Å². The second kappa shape index (κ2) is 7.25. The topological polar surface area (TPSA) is 130 Å². The van der Waals surface area contributed by atoms with Crippen molar-refractivity contribution in [3.8, 4) is 22.8 Å². The number of phenols is 1. The second-order valence-electron chi connectivity index (χ2n) is 6.48. The van der Waals surface area contributed by atoms with Crippen LogP contribution in [0, 0.1) is 0 Å². The average molecular weight is 386 g/mol. The lowest BCUT2D eigenvalue weighted by Gasteiger charge is -2.17. The zero-order chi connectivity index (χ0) is 19.8. The first-order valence-electron chi connectivity index (χ1n) is 8.63. The van der Waals surface area contributed by atoms with Crippen LogP contribution in [0.5, 0.6) is 11.5 Å². The molecule has 1 saturated heterocycles. The number of benzene rings is 2. The van der Waals surface area contributed by atoms with E-state index in [-0.39, 0.29) is 22.7 Å². The molecule has 146 valence electrons. The van der Waals surface area contributed by atoms with Crippen molar-refractivity contribution < 1.29 is 34.3 Å². The fourth-order valence-electron chi connectivity index (χ4n) is 3.10. The Labute approximate surface area is 158 Å². The van der Waals surface area contributed by atoms with Crippen LogP contribution in [0.25, 0.3) is 22.3 Å². The van der Waals surface area contributed by atoms with Gasteiger partial charge in [-0.2, -0.15) is 0 Å². The van der Waals surface area contributed by atoms with Crippen LogP contribution in [0.1, 0.15) is 0 Å². The summed E-state index contributed by atoms with van der Waals surface area (Å²) in [5.74, 6) is 0.00578. The third kappa shape index (κ3) is 3.23. The molecule has 28 heavy (non-hydrogen) atoms. The van der Waals surface area contributed by atoms with E-state index in [0.29, 0.717) is 16.5 Å². The van der Waals surface area contributed by atoms with Gasteiger partial charge >= 0.3 is 0 Å². The van der Waals surface area contributed by atoms with Crippen LogP contribution in [-0.4, -0.2) is 51.6 Å². The third-order valence-electron chi connectivity index (χ3n) is 4.62. The van der Waals surface area contributed by atoms with Crippen LogP contribution < -0.4 is 10.2 Å². The van der Waals surface area contributed by atoms with Gasteiger partial charge in [-0.15, -0.1) is 0 Å². The summed E-state index contributed by atoms with van der Waals surface area (Å²) in [6, 6.07) is 12.5. The molecule has 0 amide bonds. The molecular formula is C20H18O8. The number of fused-ring (bicyclic) bond motifs is 1. The van der Waals surface area contributed by atoms with Crippen molar-refractivity contribution in [3.63, 3.8) is 0 Å². The summed E-state index contributed by atoms with van der Waals surface area (Å²) in [7, 11) is 0. The highest BCUT2D eigenvalue weighted by Gasteiger charge is 2.44. The molecule has 2 heterocycles. The number of para-hydroxylation sites is 1. The van der Waals surface area contributed by atoms with Crippen LogP contribution in [0.2, 0.25) is 0 Å². The molecule has 2 aromatic carbocycles. The first kappa shape index (κ1) is 18.5. The average Bonchev–Trinajstić information content (AvgIpc) is 2.97. The number of hydrogen-bond acceptors (Lipinski definition) is 8. The number of aromatic hydroxyl groups is 1. The normalized spacial score (nSPS) is 24.5. The second-order valence-corrected chi connectivity index (χ2v) is 6.48. The zero-order valence-electron chi connectivity index (χ0n) is 14.6. The van der Waals surface area contributed by atoms with Crippen molar-refractivity contribution in [1.29, 1.82) is 0 Å². The van der Waals surface area contributed by atoms with Crippen LogP contribution in [-0.2, 0) is 4.74 Å². The SMILES string of the molecule is O=c1cc(-c2ccc(OC3O[C@H](CO)[C@@H](O)[C@H]3O)c(O)c2)oc2ccccc12. The first-order chi connectivity index (χ1) is 13.5. The molecule has 8 heteroatoms. The molecule has 4 rings (SSSR count). The highest BCUT2D eigenvalue weighted by molar-refractivity contribution is 5.78. The summed E-state index contributed by atoms with van der Waals surface area (Å²) in [5, 5.41) is 39.5. The van der Waals surface area contributed by atoms with E-state index in [1.54, 1.807) is 30.3 Å². The molecule has 1 unspecified atom stereocenters. The molecule has 8 nitrogen and oxygen atoms in total. The summed E-state index contributed by atoms with van der Waals surface area (Å²) in [4.78, 5) is 12.2. The van der Waals surface area contributed by atoms with Gasteiger partial charge in [0, 0.05) is 11.6 Å². The highest BCUT2D eigenvalue weighted by atomic mass is 16.7. The number of ether oxygens (including phenoxy) is 2. The number of aliphatic hydroxyl groups is 3. The molecule has 0 spiro atoms. The fraction of sp³-hybridized carbons (Fsp3) is 0.250. The summed E-state index contributed by atoms with van der Waals surface area (Å²) < 4.78 is 16.4. The molecule has 0 radical (unpaired) electrons. The maximum Gasteiger partial charge on any atom is 0.229 e. The maximum absolute atomic E-state index is 12.2. The van der Waals surface area contributed by atoms with Gasteiger partial charge in [0.2, 0.25) is 6.29 Å². The van der Waals surface area contributed by atoms with E-state index in [1.165, 1.54) is 18.2 Å². The quantitative estimate of drug-likeness (QED) is 0.522. The lowest BCUT2D eigenvalue weighted by Crippen LogP contribution is -2.35. The van der Waals surface area contributed by atoms with E-state index < -0.39 is 31.2 Å². The van der Waals surface area contributed by atoms with E-state index in [1.807, 2.05) is 0 Å². The Bertz CT molecular complexity index is 1060. The Morgan fingerprint density at radius 1 is 1.04 bits per heavy atom. The number of hydrogen-bond donors (Lipinski definition) is 4. The Balaban J connectivity index is 1.61. The van der Waals surface area contributed by atoms with Gasteiger partial charge in [-0.3, -0.25) is 4.79 Å².